The molecule has 1 aliphatic carbocycles. The Bertz CT molecular complexity index is 664. The summed E-state index contributed by atoms with van der Waals surface area (Å²) in [6, 6.07) is 1.64. The molecule has 0 unspecified atom stereocenters. The zero-order valence-electron chi connectivity index (χ0n) is 14.8. The number of aryl methyl sites for hydroxylation is 2. The highest BCUT2D eigenvalue weighted by Gasteiger charge is 2.44. The number of aromatic nitrogens is 2. The molecule has 6 nitrogen and oxygen atoms in total. The van der Waals surface area contributed by atoms with Crippen molar-refractivity contribution in [2.45, 2.75) is 57.9 Å². The zero-order valence-corrected chi connectivity index (χ0v) is 15.6. The molecule has 7 heteroatoms. The number of carbonyl (C=O) groups is 2. The molecule has 1 aromatic heterocycles. The van der Waals surface area contributed by atoms with Crippen LogP contribution in [0.1, 0.15) is 38.1 Å². The van der Waals surface area contributed by atoms with Crippen LogP contribution in [0.5, 0.6) is 0 Å². The Morgan fingerprint density at radius 2 is 2.17 bits per heavy atom. The maximum absolute atomic E-state index is 12.4. The predicted molar refractivity (Wildman–Crippen MR) is 94.8 cm³/mol. The molecule has 2 amide bonds. The Labute approximate surface area is 147 Å². The van der Waals surface area contributed by atoms with Crippen molar-refractivity contribution in [1.29, 1.82) is 0 Å². The molecule has 1 aromatic rings. The van der Waals surface area contributed by atoms with Gasteiger partial charge >= 0.3 is 0 Å². The highest BCUT2D eigenvalue weighted by molar-refractivity contribution is 8.01. The quantitative estimate of drug-likeness (QED) is 0.842. The lowest BCUT2D eigenvalue weighted by atomic mass is 10.1. The molecule has 0 radical (unpaired) electrons. The summed E-state index contributed by atoms with van der Waals surface area (Å²) in [6.07, 6.45) is 2.20. The Morgan fingerprint density at radius 3 is 2.71 bits per heavy atom. The van der Waals surface area contributed by atoms with Crippen LogP contribution in [0.15, 0.2) is 6.07 Å². The van der Waals surface area contributed by atoms with Gasteiger partial charge in [0.2, 0.25) is 11.8 Å². The number of nitrogens with one attached hydrogen (secondary N) is 2. The van der Waals surface area contributed by atoms with E-state index in [4.69, 9.17) is 0 Å². The first-order valence-electron chi connectivity index (χ1n) is 8.45. The minimum Gasteiger partial charge on any atom is -0.354 e. The number of thioether (sulfide) groups is 1. The number of carbonyl (C=O) groups excluding carboxylic acids is 2. The van der Waals surface area contributed by atoms with Crippen molar-refractivity contribution in [2.75, 3.05) is 12.3 Å². The summed E-state index contributed by atoms with van der Waals surface area (Å²) < 4.78 is 1.58. The van der Waals surface area contributed by atoms with E-state index in [2.05, 4.69) is 28.7 Å². The van der Waals surface area contributed by atoms with Gasteiger partial charge in [0.1, 0.15) is 6.04 Å². The Morgan fingerprint density at radius 1 is 1.46 bits per heavy atom. The van der Waals surface area contributed by atoms with Gasteiger partial charge in [-0.3, -0.25) is 14.3 Å². The van der Waals surface area contributed by atoms with E-state index in [0.29, 0.717) is 12.3 Å². The van der Waals surface area contributed by atoms with Gasteiger partial charge in [0.05, 0.1) is 10.4 Å². The molecular formula is C17H26N4O2S. The molecule has 132 valence electrons. The van der Waals surface area contributed by atoms with Gasteiger partial charge in [-0.25, -0.2) is 0 Å². The molecule has 0 spiro atoms. The van der Waals surface area contributed by atoms with Gasteiger partial charge < -0.3 is 10.6 Å². The van der Waals surface area contributed by atoms with E-state index in [0.717, 1.165) is 30.8 Å². The van der Waals surface area contributed by atoms with E-state index in [1.54, 1.807) is 0 Å². The molecule has 1 saturated heterocycles. The normalized spacial score (nSPS) is 24.3. The van der Waals surface area contributed by atoms with Gasteiger partial charge in [-0.2, -0.15) is 5.10 Å². The Hall–Kier alpha value is -1.50. The van der Waals surface area contributed by atoms with E-state index in [-0.39, 0.29) is 17.2 Å². The van der Waals surface area contributed by atoms with Crippen molar-refractivity contribution in [2.24, 2.45) is 5.41 Å². The van der Waals surface area contributed by atoms with E-state index in [1.807, 2.05) is 25.5 Å². The minimum atomic E-state index is -0.454. The Balaban J connectivity index is 1.53. The van der Waals surface area contributed by atoms with Crippen molar-refractivity contribution < 1.29 is 9.59 Å². The second-order valence-corrected chi connectivity index (χ2v) is 9.29. The van der Waals surface area contributed by atoms with Crippen LogP contribution in [0.4, 0.5) is 0 Å². The molecule has 2 heterocycles. The van der Waals surface area contributed by atoms with Crippen LogP contribution in [0.2, 0.25) is 0 Å². The largest absolute Gasteiger partial charge is 0.354 e. The average molecular weight is 350 g/mol. The summed E-state index contributed by atoms with van der Waals surface area (Å²) in [6.45, 7) is 9.31. The first-order chi connectivity index (χ1) is 11.2. The number of nitrogens with zero attached hydrogens (tertiary/aromatic N) is 2. The molecular weight excluding hydrogens is 324 g/mol. The number of hydrogen-bond donors (Lipinski definition) is 2. The summed E-state index contributed by atoms with van der Waals surface area (Å²) in [4.78, 5) is 24.4. The lowest BCUT2D eigenvalue weighted by Gasteiger charge is -2.33. The first kappa shape index (κ1) is 17.3. The summed E-state index contributed by atoms with van der Waals surface area (Å²) in [5.74, 6) is 0.475. The third kappa shape index (κ3) is 3.61. The number of rotatable bonds is 5. The SMILES string of the molecule is Cc1cc(C)n(CC2(CNC(=O)[C@@H]3CSC(C)(C)C(=O)N3)CC2)n1. The van der Waals surface area contributed by atoms with E-state index in [9.17, 15) is 9.59 Å². The average Bonchev–Trinajstić information content (AvgIpc) is 3.19. The predicted octanol–water partition coefficient (Wildman–Crippen LogP) is 1.41. The molecule has 1 aliphatic heterocycles. The van der Waals surface area contributed by atoms with Gasteiger partial charge in [0.15, 0.2) is 0 Å². The zero-order chi connectivity index (χ0) is 17.5. The second-order valence-electron chi connectivity index (χ2n) is 7.65. The number of amides is 2. The van der Waals surface area contributed by atoms with Crippen LogP contribution in [-0.4, -0.2) is 44.7 Å². The highest BCUT2D eigenvalue weighted by atomic mass is 32.2. The van der Waals surface area contributed by atoms with Gasteiger partial charge in [0.25, 0.3) is 0 Å². The molecule has 2 N–H and O–H groups in total. The summed E-state index contributed by atoms with van der Waals surface area (Å²) in [5, 5.41) is 10.4. The van der Waals surface area contributed by atoms with Gasteiger partial charge in [-0.1, -0.05) is 0 Å². The van der Waals surface area contributed by atoms with Crippen LogP contribution >= 0.6 is 11.8 Å². The summed E-state index contributed by atoms with van der Waals surface area (Å²) in [5.41, 5.74) is 2.30. The lowest BCUT2D eigenvalue weighted by molar-refractivity contribution is -0.129. The molecule has 24 heavy (non-hydrogen) atoms. The van der Waals surface area contributed by atoms with Gasteiger partial charge in [-0.15, -0.1) is 11.8 Å². The van der Waals surface area contributed by atoms with Crippen molar-refractivity contribution in [3.05, 3.63) is 17.5 Å². The van der Waals surface area contributed by atoms with Crippen molar-refractivity contribution in [3.8, 4) is 0 Å². The van der Waals surface area contributed by atoms with Crippen molar-refractivity contribution >= 4 is 23.6 Å². The molecule has 3 rings (SSSR count). The van der Waals surface area contributed by atoms with Crippen molar-refractivity contribution in [3.63, 3.8) is 0 Å². The van der Waals surface area contributed by atoms with E-state index in [1.165, 1.54) is 11.8 Å². The minimum absolute atomic E-state index is 0.0670. The first-order valence-corrected chi connectivity index (χ1v) is 9.43. The van der Waals surface area contributed by atoms with E-state index >= 15 is 0 Å². The fourth-order valence-corrected chi connectivity index (χ4v) is 4.00. The monoisotopic (exact) mass is 350 g/mol. The van der Waals surface area contributed by atoms with Crippen LogP contribution < -0.4 is 10.6 Å². The smallest absolute Gasteiger partial charge is 0.243 e. The molecule has 2 aliphatic rings. The molecule has 1 atom stereocenters. The molecule has 0 bridgehead atoms. The third-order valence-corrected chi connectivity index (χ3v) is 6.37. The highest BCUT2D eigenvalue weighted by Crippen LogP contribution is 2.46. The lowest BCUT2D eigenvalue weighted by Crippen LogP contribution is -2.57. The van der Waals surface area contributed by atoms with Gasteiger partial charge in [-0.05, 0) is 46.6 Å². The van der Waals surface area contributed by atoms with Gasteiger partial charge in [0, 0.05) is 30.0 Å². The maximum atomic E-state index is 12.4. The molecule has 2 fully saturated rings. The summed E-state index contributed by atoms with van der Waals surface area (Å²) >= 11 is 1.53. The fourth-order valence-electron chi connectivity index (χ4n) is 2.99. The van der Waals surface area contributed by atoms with Crippen LogP contribution in [0.25, 0.3) is 0 Å². The third-order valence-electron chi connectivity index (χ3n) is 4.96. The fraction of sp³-hybridized carbons (Fsp3) is 0.706. The standard InChI is InChI=1S/C17H26N4O2S/c1-11-7-12(2)21(20-11)10-17(5-6-17)9-18-14(22)13-8-24-16(3,4)15(23)19-13/h7,13H,5-6,8-10H2,1-4H3,(H,18,22)(H,19,23)/t13-/m0/s1. The van der Waals surface area contributed by atoms with Crippen LogP contribution in [0.3, 0.4) is 0 Å². The van der Waals surface area contributed by atoms with E-state index < -0.39 is 10.8 Å². The summed E-state index contributed by atoms with van der Waals surface area (Å²) in [7, 11) is 0. The molecule has 0 aromatic carbocycles. The number of hydrogen-bond acceptors (Lipinski definition) is 4. The topological polar surface area (TPSA) is 76.0 Å². The second kappa shape index (κ2) is 6.10. The van der Waals surface area contributed by atoms with Crippen molar-refractivity contribution in [1.82, 2.24) is 20.4 Å². The van der Waals surface area contributed by atoms with Crippen LogP contribution in [0, 0.1) is 19.3 Å². The Kier molecular flexibility index (Phi) is 4.40. The van der Waals surface area contributed by atoms with Crippen LogP contribution in [-0.2, 0) is 16.1 Å². The maximum Gasteiger partial charge on any atom is 0.243 e. The molecule has 1 saturated carbocycles.